The van der Waals surface area contributed by atoms with Gasteiger partial charge < -0.3 is 5.73 Å². The summed E-state index contributed by atoms with van der Waals surface area (Å²) in [5, 5.41) is 4.13. The number of benzene rings is 1. The van der Waals surface area contributed by atoms with Crippen molar-refractivity contribution in [3.05, 3.63) is 41.6 Å². The molecule has 1 heterocycles. The summed E-state index contributed by atoms with van der Waals surface area (Å²) >= 11 is 0. The van der Waals surface area contributed by atoms with Crippen molar-refractivity contribution in [2.24, 2.45) is 5.73 Å². The van der Waals surface area contributed by atoms with Crippen LogP contribution in [0.15, 0.2) is 30.5 Å². The average Bonchev–Trinajstić information content (AvgIpc) is 2.80. The predicted octanol–water partition coefficient (Wildman–Crippen LogP) is 3.05. The summed E-state index contributed by atoms with van der Waals surface area (Å²) in [7, 11) is 0. The molecule has 0 saturated carbocycles. The molecule has 2 rings (SSSR count). The molecule has 0 aliphatic rings. The molecule has 0 spiro atoms. The Kier molecular flexibility index (Phi) is 3.61. The average molecular weight is 269 g/mol. The highest BCUT2D eigenvalue weighted by atomic mass is 19.4. The van der Waals surface area contributed by atoms with E-state index in [0.29, 0.717) is 17.8 Å². The molecule has 0 aliphatic carbocycles. The number of alkyl halides is 3. The number of rotatable bonds is 3. The lowest BCUT2D eigenvalue weighted by molar-refractivity contribution is -0.137. The van der Waals surface area contributed by atoms with Crippen LogP contribution in [-0.2, 0) is 19.3 Å². The minimum absolute atomic E-state index is 0.242. The number of hydrogen-bond donors (Lipinski definition) is 1. The highest BCUT2D eigenvalue weighted by Crippen LogP contribution is 2.33. The maximum Gasteiger partial charge on any atom is 0.416 e. The topological polar surface area (TPSA) is 43.8 Å². The van der Waals surface area contributed by atoms with E-state index in [-0.39, 0.29) is 6.54 Å². The number of nitrogens with two attached hydrogens (primary N) is 1. The van der Waals surface area contributed by atoms with Crippen LogP contribution in [0, 0.1) is 0 Å². The molecule has 1 aromatic carbocycles. The Balaban J connectivity index is 2.56. The number of hydrogen-bond acceptors (Lipinski definition) is 2. The van der Waals surface area contributed by atoms with E-state index >= 15 is 0 Å². The first kappa shape index (κ1) is 13.6. The maximum absolute atomic E-state index is 12.7. The van der Waals surface area contributed by atoms with Gasteiger partial charge in [-0.2, -0.15) is 18.3 Å². The van der Waals surface area contributed by atoms with E-state index in [4.69, 9.17) is 5.73 Å². The number of halogens is 3. The van der Waals surface area contributed by atoms with Crippen molar-refractivity contribution in [3.63, 3.8) is 0 Å². The lowest BCUT2D eigenvalue weighted by Gasteiger charge is -2.11. The molecule has 0 unspecified atom stereocenters. The van der Waals surface area contributed by atoms with Crippen LogP contribution < -0.4 is 5.73 Å². The normalized spacial score (nSPS) is 11.8. The zero-order chi connectivity index (χ0) is 14.0. The SMILES string of the molecule is CCn1ncc(CN)c1-c1cccc(C(F)(F)F)c1. The minimum atomic E-state index is -4.35. The summed E-state index contributed by atoms with van der Waals surface area (Å²) in [6.07, 6.45) is -2.75. The van der Waals surface area contributed by atoms with E-state index in [2.05, 4.69) is 5.10 Å². The van der Waals surface area contributed by atoms with Gasteiger partial charge >= 0.3 is 6.18 Å². The van der Waals surface area contributed by atoms with Crippen molar-refractivity contribution in [2.45, 2.75) is 26.2 Å². The standard InChI is InChI=1S/C13H14F3N3/c1-2-19-12(10(7-17)8-18-19)9-4-3-5-11(6-9)13(14,15)16/h3-6,8H,2,7,17H2,1H3. The van der Waals surface area contributed by atoms with Gasteiger partial charge in [0.2, 0.25) is 0 Å². The summed E-state index contributed by atoms with van der Waals surface area (Å²) in [5.41, 5.74) is 6.80. The lowest BCUT2D eigenvalue weighted by atomic mass is 10.0. The van der Waals surface area contributed by atoms with E-state index in [1.54, 1.807) is 16.9 Å². The molecule has 0 saturated heterocycles. The van der Waals surface area contributed by atoms with Gasteiger partial charge in [-0.25, -0.2) is 0 Å². The van der Waals surface area contributed by atoms with E-state index in [1.165, 1.54) is 6.07 Å². The maximum atomic E-state index is 12.7. The van der Waals surface area contributed by atoms with Crippen LogP contribution in [0.25, 0.3) is 11.3 Å². The molecule has 19 heavy (non-hydrogen) atoms. The van der Waals surface area contributed by atoms with Gasteiger partial charge in [-0.3, -0.25) is 4.68 Å². The highest BCUT2D eigenvalue weighted by molar-refractivity contribution is 5.64. The van der Waals surface area contributed by atoms with Crippen LogP contribution >= 0.6 is 0 Å². The fourth-order valence-electron chi connectivity index (χ4n) is 1.99. The number of aryl methyl sites for hydroxylation is 1. The molecule has 3 nitrogen and oxygen atoms in total. The second-order valence-electron chi connectivity index (χ2n) is 4.12. The van der Waals surface area contributed by atoms with Crippen molar-refractivity contribution < 1.29 is 13.2 Å². The van der Waals surface area contributed by atoms with Gasteiger partial charge in [0, 0.05) is 24.2 Å². The van der Waals surface area contributed by atoms with Gasteiger partial charge in [-0.05, 0) is 19.1 Å². The van der Waals surface area contributed by atoms with Gasteiger partial charge in [0.15, 0.2) is 0 Å². The quantitative estimate of drug-likeness (QED) is 0.930. The van der Waals surface area contributed by atoms with E-state index in [9.17, 15) is 13.2 Å². The van der Waals surface area contributed by atoms with Gasteiger partial charge in [0.1, 0.15) is 0 Å². The summed E-state index contributed by atoms with van der Waals surface area (Å²) in [4.78, 5) is 0. The monoisotopic (exact) mass is 269 g/mol. The Morgan fingerprint density at radius 2 is 2.05 bits per heavy atom. The Labute approximate surface area is 108 Å². The third-order valence-corrected chi connectivity index (χ3v) is 2.90. The molecular formula is C13H14F3N3. The molecule has 0 amide bonds. The molecule has 0 radical (unpaired) electrons. The molecule has 6 heteroatoms. The van der Waals surface area contributed by atoms with E-state index < -0.39 is 11.7 Å². The lowest BCUT2D eigenvalue weighted by Crippen LogP contribution is -2.06. The highest BCUT2D eigenvalue weighted by Gasteiger charge is 2.30. The molecule has 0 atom stereocenters. The second-order valence-corrected chi connectivity index (χ2v) is 4.12. The van der Waals surface area contributed by atoms with Gasteiger partial charge in [0.25, 0.3) is 0 Å². The zero-order valence-corrected chi connectivity index (χ0v) is 10.4. The Morgan fingerprint density at radius 1 is 1.32 bits per heavy atom. The molecule has 2 aromatic rings. The summed E-state index contributed by atoms with van der Waals surface area (Å²) in [6, 6.07) is 5.21. The first-order chi connectivity index (χ1) is 8.97. The van der Waals surface area contributed by atoms with Crippen LogP contribution in [0.2, 0.25) is 0 Å². The van der Waals surface area contributed by atoms with Crippen molar-refractivity contribution in [3.8, 4) is 11.3 Å². The molecule has 102 valence electrons. The van der Waals surface area contributed by atoms with Gasteiger partial charge in [-0.1, -0.05) is 12.1 Å². The van der Waals surface area contributed by atoms with Crippen LogP contribution in [0.1, 0.15) is 18.1 Å². The fraction of sp³-hybridized carbons (Fsp3) is 0.308. The van der Waals surface area contributed by atoms with Crippen molar-refractivity contribution in [1.29, 1.82) is 0 Å². The summed E-state index contributed by atoms with van der Waals surface area (Å²) in [6.45, 7) is 2.70. The first-order valence-corrected chi connectivity index (χ1v) is 5.89. The molecular weight excluding hydrogens is 255 g/mol. The Bertz CT molecular complexity index is 551. The minimum Gasteiger partial charge on any atom is -0.326 e. The molecule has 2 N–H and O–H groups in total. The second kappa shape index (κ2) is 5.05. The third-order valence-electron chi connectivity index (χ3n) is 2.90. The van der Waals surface area contributed by atoms with Gasteiger partial charge in [-0.15, -0.1) is 0 Å². The van der Waals surface area contributed by atoms with Crippen molar-refractivity contribution in [1.82, 2.24) is 9.78 Å². The zero-order valence-electron chi connectivity index (χ0n) is 10.4. The molecule has 0 fully saturated rings. The Hall–Kier alpha value is -1.82. The predicted molar refractivity (Wildman–Crippen MR) is 66.2 cm³/mol. The number of nitrogens with zero attached hydrogens (tertiary/aromatic N) is 2. The van der Waals surface area contributed by atoms with Crippen molar-refractivity contribution >= 4 is 0 Å². The Morgan fingerprint density at radius 3 is 2.63 bits per heavy atom. The largest absolute Gasteiger partial charge is 0.416 e. The van der Waals surface area contributed by atoms with Crippen LogP contribution in [0.4, 0.5) is 13.2 Å². The van der Waals surface area contributed by atoms with Crippen LogP contribution in [0.3, 0.4) is 0 Å². The molecule has 1 aromatic heterocycles. The van der Waals surface area contributed by atoms with E-state index in [0.717, 1.165) is 17.7 Å². The molecule has 0 bridgehead atoms. The summed E-state index contributed by atoms with van der Waals surface area (Å²) in [5.74, 6) is 0. The number of aromatic nitrogens is 2. The van der Waals surface area contributed by atoms with Crippen molar-refractivity contribution in [2.75, 3.05) is 0 Å². The van der Waals surface area contributed by atoms with E-state index in [1.807, 2.05) is 6.92 Å². The molecule has 0 aliphatic heterocycles. The van der Waals surface area contributed by atoms with Crippen LogP contribution in [0.5, 0.6) is 0 Å². The smallest absolute Gasteiger partial charge is 0.326 e. The van der Waals surface area contributed by atoms with Crippen LogP contribution in [-0.4, -0.2) is 9.78 Å². The first-order valence-electron chi connectivity index (χ1n) is 5.89. The van der Waals surface area contributed by atoms with Gasteiger partial charge in [0.05, 0.1) is 17.5 Å². The summed E-state index contributed by atoms with van der Waals surface area (Å²) < 4.78 is 39.8. The fourth-order valence-corrected chi connectivity index (χ4v) is 1.99. The third kappa shape index (κ3) is 2.63.